The first-order chi connectivity index (χ1) is 13.6. The van der Waals surface area contributed by atoms with E-state index in [0.29, 0.717) is 30.7 Å². The third kappa shape index (κ3) is 4.47. The SMILES string of the molecule is Cc1cccc(OCC(=O)N(Cc2ccco2)Cc2ccc(C3CC3C)o2)c1. The Labute approximate surface area is 164 Å². The number of amides is 1. The number of benzene rings is 1. The van der Waals surface area contributed by atoms with Crippen molar-refractivity contribution in [1.82, 2.24) is 4.90 Å². The number of nitrogens with zero attached hydrogens (tertiary/aromatic N) is 1. The molecule has 1 aromatic carbocycles. The van der Waals surface area contributed by atoms with E-state index in [1.807, 2.05) is 55.5 Å². The lowest BCUT2D eigenvalue weighted by Gasteiger charge is -2.21. The van der Waals surface area contributed by atoms with Crippen molar-refractivity contribution in [3.63, 3.8) is 0 Å². The maximum absolute atomic E-state index is 12.9. The Hall–Kier alpha value is -2.95. The van der Waals surface area contributed by atoms with Crippen LogP contribution in [0.1, 0.15) is 42.1 Å². The Bertz CT molecular complexity index is 928. The van der Waals surface area contributed by atoms with Gasteiger partial charge in [-0.05, 0) is 61.2 Å². The predicted molar refractivity (Wildman–Crippen MR) is 105 cm³/mol. The van der Waals surface area contributed by atoms with Crippen molar-refractivity contribution < 1.29 is 18.4 Å². The number of ether oxygens (including phenoxy) is 1. The van der Waals surface area contributed by atoms with Gasteiger partial charge in [0.15, 0.2) is 6.61 Å². The van der Waals surface area contributed by atoms with Crippen molar-refractivity contribution in [3.8, 4) is 5.75 Å². The molecule has 1 fully saturated rings. The molecule has 5 nitrogen and oxygen atoms in total. The van der Waals surface area contributed by atoms with E-state index >= 15 is 0 Å². The Morgan fingerprint density at radius 2 is 1.96 bits per heavy atom. The number of rotatable bonds is 8. The van der Waals surface area contributed by atoms with Gasteiger partial charge in [0, 0.05) is 5.92 Å². The third-order valence-electron chi connectivity index (χ3n) is 5.14. The molecule has 1 aliphatic rings. The topological polar surface area (TPSA) is 55.8 Å². The summed E-state index contributed by atoms with van der Waals surface area (Å²) in [5, 5.41) is 0. The highest BCUT2D eigenvalue weighted by Crippen LogP contribution is 2.47. The van der Waals surface area contributed by atoms with Gasteiger partial charge in [0.1, 0.15) is 23.0 Å². The smallest absolute Gasteiger partial charge is 0.261 e. The molecule has 0 aliphatic heterocycles. The van der Waals surface area contributed by atoms with Gasteiger partial charge < -0.3 is 18.5 Å². The maximum atomic E-state index is 12.9. The molecule has 0 radical (unpaired) electrons. The van der Waals surface area contributed by atoms with Gasteiger partial charge in [-0.3, -0.25) is 4.79 Å². The highest BCUT2D eigenvalue weighted by atomic mass is 16.5. The number of carbonyl (C=O) groups excluding carboxylic acids is 1. The van der Waals surface area contributed by atoms with Crippen LogP contribution >= 0.6 is 0 Å². The quantitative estimate of drug-likeness (QED) is 0.558. The van der Waals surface area contributed by atoms with Gasteiger partial charge in [0.25, 0.3) is 5.91 Å². The lowest BCUT2D eigenvalue weighted by atomic mass is 10.2. The standard InChI is InChI=1S/C23H25NO4/c1-16-5-3-6-18(11-16)27-15-23(25)24(13-19-7-4-10-26-19)14-20-8-9-22(28-20)21-12-17(21)2/h3-11,17,21H,12-15H2,1-2H3. The summed E-state index contributed by atoms with van der Waals surface area (Å²) in [6.07, 6.45) is 2.78. The Morgan fingerprint density at radius 3 is 2.68 bits per heavy atom. The van der Waals surface area contributed by atoms with Gasteiger partial charge in [-0.25, -0.2) is 0 Å². The Balaban J connectivity index is 1.43. The molecule has 146 valence electrons. The van der Waals surface area contributed by atoms with Gasteiger partial charge in [0.2, 0.25) is 0 Å². The number of aryl methyl sites for hydroxylation is 1. The van der Waals surface area contributed by atoms with Crippen molar-refractivity contribution in [2.45, 2.75) is 39.3 Å². The molecule has 0 spiro atoms. The number of hydrogen-bond acceptors (Lipinski definition) is 4. The molecule has 3 aromatic rings. The lowest BCUT2D eigenvalue weighted by molar-refractivity contribution is -0.135. The lowest BCUT2D eigenvalue weighted by Crippen LogP contribution is -2.33. The van der Waals surface area contributed by atoms with Crippen LogP contribution in [0.5, 0.6) is 5.75 Å². The Morgan fingerprint density at radius 1 is 1.14 bits per heavy atom. The van der Waals surface area contributed by atoms with Gasteiger partial charge >= 0.3 is 0 Å². The highest BCUT2D eigenvalue weighted by Gasteiger charge is 2.36. The molecule has 1 saturated carbocycles. The van der Waals surface area contributed by atoms with Crippen LogP contribution in [0.15, 0.2) is 63.6 Å². The summed E-state index contributed by atoms with van der Waals surface area (Å²) in [5.74, 6) is 4.31. The maximum Gasteiger partial charge on any atom is 0.261 e. The predicted octanol–water partition coefficient (Wildman–Crippen LogP) is 4.91. The van der Waals surface area contributed by atoms with Crippen LogP contribution < -0.4 is 4.74 Å². The molecule has 1 amide bonds. The first kappa shape index (κ1) is 18.4. The average Bonchev–Trinajstić information content (AvgIpc) is 3.06. The summed E-state index contributed by atoms with van der Waals surface area (Å²) in [4.78, 5) is 14.6. The number of furan rings is 2. The molecule has 0 N–H and O–H groups in total. The second-order valence-electron chi connectivity index (χ2n) is 7.56. The van der Waals surface area contributed by atoms with E-state index in [1.54, 1.807) is 11.2 Å². The summed E-state index contributed by atoms with van der Waals surface area (Å²) in [6, 6.07) is 15.4. The number of hydrogen-bond donors (Lipinski definition) is 0. The third-order valence-corrected chi connectivity index (χ3v) is 5.14. The average molecular weight is 379 g/mol. The molecule has 2 atom stereocenters. The second kappa shape index (κ2) is 7.97. The zero-order valence-corrected chi connectivity index (χ0v) is 16.3. The molecule has 2 unspecified atom stereocenters. The first-order valence-electron chi connectivity index (χ1n) is 9.66. The van der Waals surface area contributed by atoms with E-state index in [1.165, 1.54) is 6.42 Å². The molecule has 0 saturated heterocycles. The summed E-state index contributed by atoms with van der Waals surface area (Å²) >= 11 is 0. The largest absolute Gasteiger partial charge is 0.484 e. The van der Waals surface area contributed by atoms with Gasteiger partial charge in [0.05, 0.1) is 19.4 Å². The van der Waals surface area contributed by atoms with Crippen molar-refractivity contribution >= 4 is 5.91 Å². The molecule has 2 heterocycles. The van der Waals surface area contributed by atoms with Crippen molar-refractivity contribution in [2.75, 3.05) is 6.61 Å². The minimum absolute atomic E-state index is 0.0304. The summed E-state index contributed by atoms with van der Waals surface area (Å²) in [6.45, 7) is 4.95. The van der Waals surface area contributed by atoms with Crippen LogP contribution in [0.2, 0.25) is 0 Å². The van der Waals surface area contributed by atoms with E-state index in [0.717, 1.165) is 22.8 Å². The van der Waals surface area contributed by atoms with E-state index in [4.69, 9.17) is 13.6 Å². The molecule has 28 heavy (non-hydrogen) atoms. The normalized spacial score (nSPS) is 18.1. The molecular weight excluding hydrogens is 354 g/mol. The van der Waals surface area contributed by atoms with E-state index < -0.39 is 0 Å². The van der Waals surface area contributed by atoms with Crippen LogP contribution in [0, 0.1) is 12.8 Å². The van der Waals surface area contributed by atoms with Crippen molar-refractivity contribution in [2.24, 2.45) is 5.92 Å². The molecular formula is C23H25NO4. The summed E-state index contributed by atoms with van der Waals surface area (Å²) in [7, 11) is 0. The molecule has 4 rings (SSSR count). The summed E-state index contributed by atoms with van der Waals surface area (Å²) < 4.78 is 17.1. The van der Waals surface area contributed by atoms with Gasteiger partial charge in [-0.1, -0.05) is 19.1 Å². The zero-order valence-electron chi connectivity index (χ0n) is 16.3. The fourth-order valence-corrected chi connectivity index (χ4v) is 3.35. The van der Waals surface area contributed by atoms with Crippen LogP contribution in [0.4, 0.5) is 0 Å². The highest BCUT2D eigenvalue weighted by molar-refractivity contribution is 5.77. The van der Waals surface area contributed by atoms with Crippen LogP contribution in [0.25, 0.3) is 0 Å². The van der Waals surface area contributed by atoms with Crippen molar-refractivity contribution in [3.05, 3.63) is 77.6 Å². The fourth-order valence-electron chi connectivity index (χ4n) is 3.35. The monoisotopic (exact) mass is 379 g/mol. The second-order valence-corrected chi connectivity index (χ2v) is 7.56. The van der Waals surface area contributed by atoms with E-state index in [-0.39, 0.29) is 12.5 Å². The number of carbonyl (C=O) groups is 1. The van der Waals surface area contributed by atoms with Crippen LogP contribution in [0.3, 0.4) is 0 Å². The molecule has 2 aromatic heterocycles. The van der Waals surface area contributed by atoms with Crippen molar-refractivity contribution in [1.29, 1.82) is 0 Å². The zero-order chi connectivity index (χ0) is 19.5. The first-order valence-corrected chi connectivity index (χ1v) is 9.66. The molecule has 5 heteroatoms. The van der Waals surface area contributed by atoms with Gasteiger partial charge in [-0.2, -0.15) is 0 Å². The molecule has 1 aliphatic carbocycles. The Kier molecular flexibility index (Phi) is 5.24. The van der Waals surface area contributed by atoms with Crippen LogP contribution in [-0.2, 0) is 17.9 Å². The minimum atomic E-state index is -0.115. The summed E-state index contributed by atoms with van der Waals surface area (Å²) in [5.41, 5.74) is 1.09. The van der Waals surface area contributed by atoms with E-state index in [9.17, 15) is 4.79 Å². The minimum Gasteiger partial charge on any atom is -0.484 e. The molecule has 0 bridgehead atoms. The fraction of sp³-hybridized carbons (Fsp3) is 0.348. The van der Waals surface area contributed by atoms with Crippen LogP contribution in [-0.4, -0.2) is 17.4 Å². The van der Waals surface area contributed by atoms with E-state index in [2.05, 4.69) is 6.92 Å². The van der Waals surface area contributed by atoms with Gasteiger partial charge in [-0.15, -0.1) is 0 Å².